The normalized spacial score (nSPS) is 10.6. The van der Waals surface area contributed by atoms with Crippen LogP contribution in [0.3, 0.4) is 0 Å². The van der Waals surface area contributed by atoms with Gasteiger partial charge in [-0.25, -0.2) is 5.43 Å². The van der Waals surface area contributed by atoms with Gasteiger partial charge in [-0.2, -0.15) is 5.10 Å². The Hall–Kier alpha value is -2.96. The molecular formula is C14H14N2O5. The first-order valence-electron chi connectivity index (χ1n) is 5.97. The molecule has 7 heteroatoms. The summed E-state index contributed by atoms with van der Waals surface area (Å²) in [6.45, 7) is 0. The number of phenols is 1. The fourth-order valence-corrected chi connectivity index (χ4v) is 1.62. The quantitative estimate of drug-likeness (QED) is 0.646. The lowest BCUT2D eigenvalue weighted by molar-refractivity contribution is 0.0927. The second-order valence-electron chi connectivity index (χ2n) is 3.94. The molecule has 0 atom stereocenters. The highest BCUT2D eigenvalue weighted by Crippen LogP contribution is 2.31. The van der Waals surface area contributed by atoms with Crippen LogP contribution in [0, 0.1) is 0 Å². The Labute approximate surface area is 120 Å². The van der Waals surface area contributed by atoms with Crippen molar-refractivity contribution in [1.82, 2.24) is 5.43 Å². The van der Waals surface area contributed by atoms with Gasteiger partial charge in [0.2, 0.25) is 0 Å². The van der Waals surface area contributed by atoms with E-state index in [1.165, 1.54) is 38.8 Å². The van der Waals surface area contributed by atoms with E-state index in [0.717, 1.165) is 0 Å². The zero-order valence-electron chi connectivity index (χ0n) is 11.5. The van der Waals surface area contributed by atoms with Crippen LogP contribution in [0.4, 0.5) is 0 Å². The van der Waals surface area contributed by atoms with Crippen molar-refractivity contribution >= 4 is 12.1 Å². The molecule has 2 aromatic rings. The van der Waals surface area contributed by atoms with Gasteiger partial charge in [-0.15, -0.1) is 0 Å². The van der Waals surface area contributed by atoms with Crippen LogP contribution in [0.5, 0.6) is 17.2 Å². The van der Waals surface area contributed by atoms with Gasteiger partial charge in [0.15, 0.2) is 5.76 Å². The SMILES string of the molecule is COc1cc(O)c(C=NNC(=O)c2ccco2)c(OC)c1. The second-order valence-corrected chi connectivity index (χ2v) is 3.94. The number of phenolic OH excluding ortho intramolecular Hbond substituents is 1. The summed E-state index contributed by atoms with van der Waals surface area (Å²) in [4.78, 5) is 11.6. The maximum atomic E-state index is 11.6. The third-order valence-electron chi connectivity index (χ3n) is 2.65. The molecule has 0 unspecified atom stereocenters. The van der Waals surface area contributed by atoms with Gasteiger partial charge in [-0.1, -0.05) is 0 Å². The van der Waals surface area contributed by atoms with Crippen molar-refractivity contribution in [2.24, 2.45) is 5.10 Å². The monoisotopic (exact) mass is 290 g/mol. The van der Waals surface area contributed by atoms with E-state index in [-0.39, 0.29) is 11.5 Å². The van der Waals surface area contributed by atoms with Gasteiger partial charge >= 0.3 is 5.91 Å². The van der Waals surface area contributed by atoms with E-state index in [1.54, 1.807) is 12.1 Å². The molecule has 110 valence electrons. The van der Waals surface area contributed by atoms with Crippen molar-refractivity contribution in [2.45, 2.75) is 0 Å². The molecule has 21 heavy (non-hydrogen) atoms. The summed E-state index contributed by atoms with van der Waals surface area (Å²) in [6, 6.07) is 6.11. The molecule has 0 aliphatic heterocycles. The lowest BCUT2D eigenvalue weighted by Gasteiger charge is -2.09. The number of hydrogen-bond donors (Lipinski definition) is 2. The van der Waals surface area contributed by atoms with Crippen molar-refractivity contribution in [3.63, 3.8) is 0 Å². The lowest BCUT2D eigenvalue weighted by Crippen LogP contribution is -2.16. The van der Waals surface area contributed by atoms with Gasteiger partial charge < -0.3 is 19.0 Å². The molecule has 7 nitrogen and oxygen atoms in total. The number of hydrogen-bond acceptors (Lipinski definition) is 6. The van der Waals surface area contributed by atoms with Gasteiger partial charge in [-0.05, 0) is 12.1 Å². The number of methoxy groups -OCH3 is 2. The van der Waals surface area contributed by atoms with Crippen molar-refractivity contribution < 1.29 is 23.8 Å². The van der Waals surface area contributed by atoms with E-state index in [1.807, 2.05) is 0 Å². The van der Waals surface area contributed by atoms with Crippen molar-refractivity contribution in [3.8, 4) is 17.2 Å². The first-order chi connectivity index (χ1) is 10.2. The van der Waals surface area contributed by atoms with Crippen LogP contribution in [0.2, 0.25) is 0 Å². The molecule has 0 spiro atoms. The predicted octanol–water partition coefficient (Wildman–Crippen LogP) is 1.77. The van der Waals surface area contributed by atoms with E-state index in [0.29, 0.717) is 17.1 Å². The highest BCUT2D eigenvalue weighted by atomic mass is 16.5. The Balaban J connectivity index is 2.15. The Morgan fingerprint density at radius 1 is 1.38 bits per heavy atom. The van der Waals surface area contributed by atoms with Crippen molar-refractivity contribution in [1.29, 1.82) is 0 Å². The minimum atomic E-state index is -0.497. The van der Waals surface area contributed by atoms with E-state index in [2.05, 4.69) is 10.5 Å². The third kappa shape index (κ3) is 3.33. The fourth-order valence-electron chi connectivity index (χ4n) is 1.62. The molecule has 0 saturated carbocycles. The van der Waals surface area contributed by atoms with Crippen LogP contribution in [-0.4, -0.2) is 31.4 Å². The zero-order chi connectivity index (χ0) is 15.2. The number of ether oxygens (including phenoxy) is 2. The van der Waals surface area contributed by atoms with E-state index in [9.17, 15) is 9.90 Å². The number of carbonyl (C=O) groups is 1. The summed E-state index contributed by atoms with van der Waals surface area (Å²) in [5.41, 5.74) is 2.60. The average Bonchev–Trinajstić information content (AvgIpc) is 3.02. The van der Waals surface area contributed by atoms with Gasteiger partial charge in [-0.3, -0.25) is 4.79 Å². The van der Waals surface area contributed by atoms with E-state index in [4.69, 9.17) is 13.9 Å². The molecule has 1 amide bonds. The lowest BCUT2D eigenvalue weighted by atomic mass is 10.2. The summed E-state index contributed by atoms with van der Waals surface area (Å²) in [5.74, 6) is 0.368. The highest BCUT2D eigenvalue weighted by molar-refractivity contribution is 5.93. The standard InChI is InChI=1S/C14H14N2O5/c1-19-9-6-11(17)10(13(7-9)20-2)8-15-16-14(18)12-4-3-5-21-12/h3-8,17H,1-2H3,(H,16,18). The van der Waals surface area contributed by atoms with Crippen LogP contribution >= 0.6 is 0 Å². The van der Waals surface area contributed by atoms with Crippen molar-refractivity contribution in [2.75, 3.05) is 14.2 Å². The molecule has 0 bridgehead atoms. The molecular weight excluding hydrogens is 276 g/mol. The summed E-state index contributed by atoms with van der Waals surface area (Å²) in [6.07, 6.45) is 2.66. The van der Waals surface area contributed by atoms with Crippen molar-refractivity contribution in [3.05, 3.63) is 41.9 Å². The minimum Gasteiger partial charge on any atom is -0.507 e. The van der Waals surface area contributed by atoms with Gasteiger partial charge in [0, 0.05) is 12.1 Å². The number of furan rings is 1. The van der Waals surface area contributed by atoms with Crippen LogP contribution in [0.15, 0.2) is 40.0 Å². The third-order valence-corrected chi connectivity index (χ3v) is 2.65. The highest BCUT2D eigenvalue weighted by Gasteiger charge is 2.11. The summed E-state index contributed by atoms with van der Waals surface area (Å²) in [7, 11) is 2.93. The Morgan fingerprint density at radius 2 is 2.19 bits per heavy atom. The number of benzene rings is 1. The Bertz CT molecular complexity index is 650. The molecule has 2 rings (SSSR count). The largest absolute Gasteiger partial charge is 0.507 e. The molecule has 0 fully saturated rings. The number of nitrogens with zero attached hydrogens (tertiary/aromatic N) is 1. The first kappa shape index (κ1) is 14.4. The molecule has 2 N–H and O–H groups in total. The van der Waals surface area contributed by atoms with Crippen LogP contribution < -0.4 is 14.9 Å². The van der Waals surface area contributed by atoms with Crippen LogP contribution in [-0.2, 0) is 0 Å². The second kappa shape index (κ2) is 6.47. The average molecular weight is 290 g/mol. The van der Waals surface area contributed by atoms with E-state index < -0.39 is 5.91 Å². The topological polar surface area (TPSA) is 93.3 Å². The van der Waals surface area contributed by atoms with Crippen LogP contribution in [0.25, 0.3) is 0 Å². The molecule has 1 aromatic heterocycles. The molecule has 0 aliphatic carbocycles. The number of nitrogens with one attached hydrogen (secondary N) is 1. The molecule has 1 heterocycles. The molecule has 0 saturated heterocycles. The minimum absolute atomic E-state index is 0.0813. The van der Waals surface area contributed by atoms with E-state index >= 15 is 0 Å². The Kier molecular flexibility index (Phi) is 4.45. The number of hydrazone groups is 1. The number of carbonyl (C=O) groups excluding carboxylic acids is 1. The smallest absolute Gasteiger partial charge is 0.307 e. The number of rotatable bonds is 5. The summed E-state index contributed by atoms with van der Waals surface area (Å²) < 4.78 is 15.1. The van der Waals surface area contributed by atoms with Gasteiger partial charge in [0.1, 0.15) is 17.2 Å². The molecule has 0 aliphatic rings. The maximum Gasteiger partial charge on any atom is 0.307 e. The predicted molar refractivity (Wildman–Crippen MR) is 75.0 cm³/mol. The number of amides is 1. The maximum absolute atomic E-state index is 11.6. The fraction of sp³-hybridized carbons (Fsp3) is 0.143. The van der Waals surface area contributed by atoms with Gasteiger partial charge in [0.25, 0.3) is 0 Å². The molecule has 1 aromatic carbocycles. The number of aromatic hydroxyl groups is 1. The first-order valence-corrected chi connectivity index (χ1v) is 5.97. The summed E-state index contributed by atoms with van der Waals surface area (Å²) >= 11 is 0. The van der Waals surface area contributed by atoms with Crippen LogP contribution in [0.1, 0.15) is 16.1 Å². The summed E-state index contributed by atoms with van der Waals surface area (Å²) in [5, 5.41) is 13.7. The van der Waals surface area contributed by atoms with Gasteiger partial charge in [0.05, 0.1) is 32.3 Å². The Morgan fingerprint density at radius 3 is 2.81 bits per heavy atom. The zero-order valence-corrected chi connectivity index (χ0v) is 11.5. The molecule has 0 radical (unpaired) electrons.